The standard InChI is InChI=1S/C25H50N2O/c1-3-5-7-9-11-13-16-20-26(21-17-14-12-10-8-6-4-2)24-25(28)27-22-18-15-19-23-27/h3-24H2,1-2H3. The summed E-state index contributed by atoms with van der Waals surface area (Å²) in [5.41, 5.74) is 0. The van der Waals surface area contributed by atoms with Gasteiger partial charge in [-0.15, -0.1) is 0 Å². The third kappa shape index (κ3) is 13.6. The average Bonchev–Trinajstić information content (AvgIpc) is 2.72. The highest BCUT2D eigenvalue weighted by Gasteiger charge is 2.19. The third-order valence-electron chi connectivity index (χ3n) is 6.22. The van der Waals surface area contributed by atoms with E-state index in [0.29, 0.717) is 12.5 Å². The molecular weight excluding hydrogens is 344 g/mol. The van der Waals surface area contributed by atoms with Crippen LogP contribution in [0, 0.1) is 0 Å². The fraction of sp³-hybridized carbons (Fsp3) is 0.960. The van der Waals surface area contributed by atoms with E-state index in [-0.39, 0.29) is 0 Å². The van der Waals surface area contributed by atoms with Gasteiger partial charge >= 0.3 is 0 Å². The van der Waals surface area contributed by atoms with Gasteiger partial charge in [0.2, 0.25) is 5.91 Å². The smallest absolute Gasteiger partial charge is 0.236 e. The summed E-state index contributed by atoms with van der Waals surface area (Å²) >= 11 is 0. The van der Waals surface area contributed by atoms with Crippen molar-refractivity contribution in [3.8, 4) is 0 Å². The Hall–Kier alpha value is -0.570. The number of likely N-dealkylation sites (tertiary alicyclic amines) is 1. The van der Waals surface area contributed by atoms with Gasteiger partial charge in [0, 0.05) is 13.1 Å². The molecule has 0 aliphatic carbocycles. The molecule has 0 aromatic heterocycles. The quantitative estimate of drug-likeness (QED) is 0.239. The molecule has 1 fully saturated rings. The van der Waals surface area contributed by atoms with E-state index in [0.717, 1.165) is 26.2 Å². The fourth-order valence-electron chi connectivity index (χ4n) is 4.29. The zero-order chi connectivity index (χ0) is 20.3. The molecular formula is C25H50N2O. The molecule has 0 N–H and O–H groups in total. The van der Waals surface area contributed by atoms with Crippen molar-refractivity contribution < 1.29 is 4.79 Å². The molecule has 1 saturated heterocycles. The lowest BCUT2D eigenvalue weighted by molar-refractivity contribution is -0.133. The number of piperidine rings is 1. The monoisotopic (exact) mass is 394 g/mol. The summed E-state index contributed by atoms with van der Waals surface area (Å²) in [5.74, 6) is 0.380. The minimum Gasteiger partial charge on any atom is -0.342 e. The first kappa shape index (κ1) is 25.5. The minimum atomic E-state index is 0.380. The molecule has 1 rings (SSSR count). The second-order valence-corrected chi connectivity index (χ2v) is 8.96. The molecule has 166 valence electrons. The average molecular weight is 395 g/mol. The molecule has 0 aromatic carbocycles. The second-order valence-electron chi connectivity index (χ2n) is 8.96. The Morgan fingerprint density at radius 3 is 1.54 bits per heavy atom. The second kappa shape index (κ2) is 18.5. The normalized spacial score (nSPS) is 14.8. The van der Waals surface area contributed by atoms with Crippen LogP contribution in [0.2, 0.25) is 0 Å². The van der Waals surface area contributed by atoms with Crippen LogP contribution in [0.15, 0.2) is 0 Å². The van der Waals surface area contributed by atoms with Gasteiger partial charge in [0.25, 0.3) is 0 Å². The van der Waals surface area contributed by atoms with Crippen LogP contribution in [0.1, 0.15) is 123 Å². The van der Waals surface area contributed by atoms with Gasteiger partial charge in [-0.05, 0) is 45.2 Å². The maximum absolute atomic E-state index is 12.7. The van der Waals surface area contributed by atoms with Crippen LogP contribution in [0.4, 0.5) is 0 Å². The van der Waals surface area contributed by atoms with E-state index in [1.54, 1.807) is 0 Å². The van der Waals surface area contributed by atoms with Crippen LogP contribution in [-0.2, 0) is 4.79 Å². The van der Waals surface area contributed by atoms with Crippen LogP contribution < -0.4 is 0 Å². The van der Waals surface area contributed by atoms with Crippen LogP contribution in [0.3, 0.4) is 0 Å². The van der Waals surface area contributed by atoms with E-state index in [1.165, 1.54) is 109 Å². The van der Waals surface area contributed by atoms with Crippen molar-refractivity contribution in [1.29, 1.82) is 0 Å². The van der Waals surface area contributed by atoms with Crippen molar-refractivity contribution in [2.45, 2.75) is 123 Å². The maximum atomic E-state index is 12.7. The molecule has 3 nitrogen and oxygen atoms in total. The van der Waals surface area contributed by atoms with Crippen LogP contribution in [0.25, 0.3) is 0 Å². The first-order valence-electron chi connectivity index (χ1n) is 12.8. The van der Waals surface area contributed by atoms with Crippen molar-refractivity contribution in [2.24, 2.45) is 0 Å². The van der Waals surface area contributed by atoms with E-state index in [9.17, 15) is 4.79 Å². The molecule has 0 radical (unpaired) electrons. The number of amides is 1. The zero-order valence-corrected chi connectivity index (χ0v) is 19.4. The number of carbonyl (C=O) groups excluding carboxylic acids is 1. The Labute approximate surface area is 176 Å². The maximum Gasteiger partial charge on any atom is 0.236 e. The summed E-state index contributed by atoms with van der Waals surface area (Å²) in [4.78, 5) is 17.3. The van der Waals surface area contributed by atoms with Crippen molar-refractivity contribution in [1.82, 2.24) is 9.80 Å². The lowest BCUT2D eigenvalue weighted by Gasteiger charge is -2.30. The Kier molecular flexibility index (Phi) is 16.8. The summed E-state index contributed by atoms with van der Waals surface area (Å²) in [5, 5.41) is 0. The Bertz CT molecular complexity index is 334. The number of hydrogen-bond acceptors (Lipinski definition) is 2. The molecule has 0 spiro atoms. The van der Waals surface area contributed by atoms with E-state index < -0.39 is 0 Å². The van der Waals surface area contributed by atoms with Gasteiger partial charge < -0.3 is 4.90 Å². The summed E-state index contributed by atoms with van der Waals surface area (Å²) in [6, 6.07) is 0. The van der Waals surface area contributed by atoms with E-state index in [1.807, 2.05) is 0 Å². The van der Waals surface area contributed by atoms with Crippen LogP contribution in [0.5, 0.6) is 0 Å². The highest BCUT2D eigenvalue weighted by atomic mass is 16.2. The van der Waals surface area contributed by atoms with Gasteiger partial charge in [-0.1, -0.05) is 90.9 Å². The van der Waals surface area contributed by atoms with E-state index in [4.69, 9.17) is 0 Å². The first-order chi connectivity index (χ1) is 13.8. The molecule has 1 amide bonds. The third-order valence-corrected chi connectivity index (χ3v) is 6.22. The lowest BCUT2D eigenvalue weighted by Crippen LogP contribution is -2.43. The number of rotatable bonds is 18. The molecule has 3 heteroatoms. The van der Waals surface area contributed by atoms with Crippen LogP contribution in [-0.4, -0.2) is 48.4 Å². The zero-order valence-electron chi connectivity index (χ0n) is 19.4. The summed E-state index contributed by atoms with van der Waals surface area (Å²) in [6.45, 7) is 9.42. The molecule has 0 saturated carbocycles. The molecule has 0 unspecified atom stereocenters. The predicted octanol–water partition coefficient (Wildman–Crippen LogP) is 6.80. The van der Waals surface area contributed by atoms with E-state index in [2.05, 4.69) is 23.6 Å². The van der Waals surface area contributed by atoms with Gasteiger partial charge in [-0.3, -0.25) is 9.69 Å². The number of nitrogens with zero attached hydrogens (tertiary/aromatic N) is 2. The molecule has 1 heterocycles. The Morgan fingerprint density at radius 2 is 1.07 bits per heavy atom. The summed E-state index contributed by atoms with van der Waals surface area (Å²) < 4.78 is 0. The van der Waals surface area contributed by atoms with Crippen molar-refractivity contribution in [2.75, 3.05) is 32.7 Å². The van der Waals surface area contributed by atoms with Gasteiger partial charge in [0.05, 0.1) is 6.54 Å². The van der Waals surface area contributed by atoms with Crippen molar-refractivity contribution in [3.63, 3.8) is 0 Å². The van der Waals surface area contributed by atoms with Gasteiger partial charge in [-0.2, -0.15) is 0 Å². The fourth-order valence-corrected chi connectivity index (χ4v) is 4.29. The molecule has 0 bridgehead atoms. The largest absolute Gasteiger partial charge is 0.342 e. The minimum absolute atomic E-state index is 0.380. The summed E-state index contributed by atoms with van der Waals surface area (Å²) in [7, 11) is 0. The topological polar surface area (TPSA) is 23.6 Å². The number of hydrogen-bond donors (Lipinski definition) is 0. The Balaban J connectivity index is 2.24. The van der Waals surface area contributed by atoms with Crippen molar-refractivity contribution >= 4 is 5.91 Å². The van der Waals surface area contributed by atoms with Gasteiger partial charge in [0.15, 0.2) is 0 Å². The van der Waals surface area contributed by atoms with E-state index >= 15 is 0 Å². The SMILES string of the molecule is CCCCCCCCCN(CCCCCCCCC)CC(=O)N1CCCCC1. The number of unbranched alkanes of at least 4 members (excludes halogenated alkanes) is 12. The van der Waals surface area contributed by atoms with Crippen LogP contribution >= 0.6 is 0 Å². The highest BCUT2D eigenvalue weighted by Crippen LogP contribution is 2.12. The summed E-state index contributed by atoms with van der Waals surface area (Å²) in [6.07, 6.45) is 22.6. The molecule has 1 aliphatic rings. The first-order valence-corrected chi connectivity index (χ1v) is 12.8. The highest BCUT2D eigenvalue weighted by molar-refractivity contribution is 5.78. The molecule has 0 aromatic rings. The predicted molar refractivity (Wildman–Crippen MR) is 123 cm³/mol. The molecule has 1 aliphatic heterocycles. The lowest BCUT2D eigenvalue weighted by atomic mass is 10.1. The molecule has 28 heavy (non-hydrogen) atoms. The van der Waals surface area contributed by atoms with Gasteiger partial charge in [0.1, 0.15) is 0 Å². The number of carbonyl (C=O) groups is 1. The van der Waals surface area contributed by atoms with Crippen molar-refractivity contribution in [3.05, 3.63) is 0 Å². The van der Waals surface area contributed by atoms with Gasteiger partial charge in [-0.25, -0.2) is 0 Å². The Morgan fingerprint density at radius 1 is 0.643 bits per heavy atom. The molecule has 0 atom stereocenters.